The van der Waals surface area contributed by atoms with E-state index in [0.717, 1.165) is 116 Å². The van der Waals surface area contributed by atoms with Gasteiger partial charge in [0.1, 0.15) is 12.5 Å². The first-order valence-electron chi connectivity index (χ1n) is 47.9. The minimum absolute atomic E-state index is 0.0136. The normalized spacial score (nSPS) is 12.5. The summed E-state index contributed by atoms with van der Waals surface area (Å²) in [5.41, 5.74) is 0. The van der Waals surface area contributed by atoms with Crippen molar-refractivity contribution < 1.29 is 84.0 Å². The Morgan fingerprint density at radius 3 is 0.968 bits per heavy atom. The van der Waals surface area contributed by atoms with Gasteiger partial charge < -0.3 is 40.2 Å². The molecule has 0 aliphatic carbocycles. The molecule has 2 unspecified atom stereocenters. The third-order valence-electron chi connectivity index (χ3n) is 20.1. The Labute approximate surface area is 757 Å². The first-order chi connectivity index (χ1) is 61.0. The molecule has 4 amide bonds. The molecule has 0 rings (SSSR count). The van der Waals surface area contributed by atoms with Crippen LogP contribution in [-0.4, -0.2) is 139 Å². The Hall–Kier alpha value is -7.08. The van der Waals surface area contributed by atoms with Crippen LogP contribution < -0.4 is 21.3 Å². The predicted octanol–water partition coefficient (Wildman–Crippen LogP) is 21.6. The molecule has 0 radical (unpaired) electrons. The van der Waals surface area contributed by atoms with Crippen molar-refractivity contribution in [3.05, 3.63) is 25.3 Å². The van der Waals surface area contributed by atoms with E-state index in [9.17, 15) is 37.9 Å². The van der Waals surface area contributed by atoms with Crippen molar-refractivity contribution in [1.29, 1.82) is 0 Å². The maximum Gasteiger partial charge on any atom is 0.475 e. The van der Waals surface area contributed by atoms with Gasteiger partial charge in [-0.1, -0.05) is 310 Å². The van der Waals surface area contributed by atoms with E-state index in [1.165, 1.54) is 166 Å². The van der Waals surface area contributed by atoms with Crippen molar-refractivity contribution in [1.82, 2.24) is 21.3 Å². The van der Waals surface area contributed by atoms with E-state index in [1.807, 2.05) is 0 Å². The zero-order chi connectivity index (χ0) is 91.4. The van der Waals surface area contributed by atoms with Crippen LogP contribution in [0.1, 0.15) is 382 Å². The molecule has 0 spiro atoms. The molecular formula is C101H162N4O18P2. The Bertz CT molecular complexity index is 3480. The lowest BCUT2D eigenvalue weighted by Gasteiger charge is -2.23. The van der Waals surface area contributed by atoms with E-state index < -0.39 is 71.3 Å². The van der Waals surface area contributed by atoms with Gasteiger partial charge in [0, 0.05) is 51.6 Å². The molecule has 0 aromatic rings. The summed E-state index contributed by atoms with van der Waals surface area (Å²) in [7, 11) is -8.80. The van der Waals surface area contributed by atoms with Gasteiger partial charge in [-0.25, -0.2) is 9.13 Å². The van der Waals surface area contributed by atoms with E-state index >= 15 is 0 Å². The molecule has 0 heterocycles. The topological polar surface area (TPSA) is 277 Å². The highest BCUT2D eigenvalue weighted by Gasteiger charge is 2.31. The summed E-state index contributed by atoms with van der Waals surface area (Å²) >= 11 is 0. The van der Waals surface area contributed by atoms with Gasteiger partial charge in [0.15, 0.2) is 6.10 Å². The van der Waals surface area contributed by atoms with E-state index in [0.29, 0.717) is 38.5 Å². The van der Waals surface area contributed by atoms with Crippen molar-refractivity contribution in [2.24, 2.45) is 0 Å². The Morgan fingerprint density at radius 1 is 0.320 bits per heavy atom. The summed E-state index contributed by atoms with van der Waals surface area (Å²) in [5, 5.41) is 11.1. The Balaban J connectivity index is 6.22. The molecule has 4 N–H and O–H groups in total. The fraction of sp³-hybridized carbons (Fsp3) is 0.743. The van der Waals surface area contributed by atoms with Crippen LogP contribution in [0.5, 0.6) is 0 Å². The van der Waals surface area contributed by atoms with Crippen LogP contribution in [0.4, 0.5) is 0 Å². The van der Waals surface area contributed by atoms with Crippen molar-refractivity contribution >= 4 is 51.2 Å². The molecule has 0 aromatic carbocycles. The van der Waals surface area contributed by atoms with Crippen LogP contribution >= 0.6 is 15.6 Å². The number of carbonyl (C=O) groups excluding carboxylic acids is 6. The largest absolute Gasteiger partial charge is 0.475 e. The van der Waals surface area contributed by atoms with Gasteiger partial charge in [-0.05, 0) is 134 Å². The fourth-order valence-electron chi connectivity index (χ4n) is 13.0. The van der Waals surface area contributed by atoms with Crippen LogP contribution in [0.25, 0.3) is 0 Å². The number of amides is 4. The van der Waals surface area contributed by atoms with Crippen LogP contribution in [-0.2, 0) is 84.0 Å². The molecule has 0 aromatic heterocycles. The highest BCUT2D eigenvalue weighted by molar-refractivity contribution is 7.48. The summed E-state index contributed by atoms with van der Waals surface area (Å²) in [6, 6.07) is -1.65. The van der Waals surface area contributed by atoms with Gasteiger partial charge in [0.25, 0.3) is 0 Å². The third kappa shape index (κ3) is 82.4. The summed E-state index contributed by atoms with van der Waals surface area (Å²) < 4.78 is 86.7. The second kappa shape index (κ2) is 90.3. The smallest absolute Gasteiger partial charge is 0.462 e. The Morgan fingerprint density at radius 2 is 0.624 bits per heavy atom. The molecule has 22 nitrogen and oxygen atoms in total. The molecule has 0 bridgehead atoms. The van der Waals surface area contributed by atoms with Crippen LogP contribution in [0.15, 0.2) is 25.3 Å². The number of nitrogens with one attached hydrogen (secondary N) is 4. The maximum atomic E-state index is 14.2. The predicted molar refractivity (Wildman–Crippen MR) is 504 cm³/mol. The van der Waals surface area contributed by atoms with E-state index in [1.54, 1.807) is 6.92 Å². The van der Waals surface area contributed by atoms with Gasteiger partial charge in [-0.2, -0.15) is 0 Å². The zero-order valence-corrected chi connectivity index (χ0v) is 79.9. The van der Waals surface area contributed by atoms with E-state index in [2.05, 4.69) is 164 Å². The lowest BCUT2D eigenvalue weighted by Crippen LogP contribution is -2.41. The molecule has 0 aliphatic heterocycles. The quantitative estimate of drug-likeness (QED) is 0.0110. The minimum atomic E-state index is -4.43. The van der Waals surface area contributed by atoms with Crippen molar-refractivity contribution in [2.75, 3.05) is 79.2 Å². The molecule has 0 saturated carbocycles. The highest BCUT2D eigenvalue weighted by atomic mass is 31.2. The van der Waals surface area contributed by atoms with E-state index in [4.69, 9.17) is 46.1 Å². The van der Waals surface area contributed by atoms with Crippen molar-refractivity contribution in [3.8, 4) is 94.7 Å². The first kappa shape index (κ1) is 118. The number of esters is 2. The van der Waals surface area contributed by atoms with Gasteiger partial charge in [0.05, 0.1) is 78.2 Å². The molecule has 125 heavy (non-hydrogen) atoms. The second-order valence-corrected chi connectivity index (χ2v) is 35.0. The minimum Gasteiger partial charge on any atom is -0.462 e. The average molecular weight is 1780 g/mol. The molecular weight excluding hydrogens is 1620 g/mol. The lowest BCUT2D eigenvalue weighted by molar-refractivity contribution is -0.151. The van der Waals surface area contributed by atoms with Gasteiger partial charge in [-0.15, -0.1) is 13.2 Å². The van der Waals surface area contributed by atoms with Crippen LogP contribution in [0, 0.1) is 94.7 Å². The molecule has 6 atom stereocenters. The number of hydrogen-bond donors (Lipinski definition) is 4. The zero-order valence-electron chi connectivity index (χ0n) is 78.1. The number of phosphoric ester groups is 2. The summed E-state index contributed by atoms with van der Waals surface area (Å²) in [4.78, 5) is 79.7. The third-order valence-corrected chi connectivity index (χ3v) is 22.9. The number of rotatable bonds is 86. The molecule has 24 heteroatoms. The number of carbonyl (C=O) groups is 6. The molecule has 704 valence electrons. The lowest BCUT2D eigenvalue weighted by atomic mass is 10.1. The second-order valence-electron chi connectivity index (χ2n) is 31.6. The Kier molecular flexibility index (Phi) is 85.2. The monoisotopic (exact) mass is 1780 g/mol. The average Bonchev–Trinajstić information content (AvgIpc) is 0.888. The summed E-state index contributed by atoms with van der Waals surface area (Å²) in [5.74, 6) is 39.2. The van der Waals surface area contributed by atoms with Crippen molar-refractivity contribution in [2.45, 2.75) is 406 Å². The molecule has 0 aliphatic rings. The number of unbranched alkanes of at least 4 members (excludes halogenated alkanes) is 40. The maximum absolute atomic E-state index is 14.2. The summed E-state index contributed by atoms with van der Waals surface area (Å²) in [6.07, 6.45) is 53.5. The van der Waals surface area contributed by atoms with Crippen molar-refractivity contribution in [3.63, 3.8) is 0 Å². The van der Waals surface area contributed by atoms with Gasteiger partial charge in [0.2, 0.25) is 23.6 Å². The van der Waals surface area contributed by atoms with Crippen LogP contribution in [0.3, 0.4) is 0 Å². The number of phosphoric acid groups is 2. The fourth-order valence-corrected chi connectivity index (χ4v) is 15.4. The number of ether oxygens (including phenoxy) is 4. The highest BCUT2D eigenvalue weighted by Crippen LogP contribution is 2.50. The SMILES string of the molecule is C=CCOP(=O)(OCCNC(=O)CC(=O)NCCOP(=O)(OCC=C)OC[C@H](COCC[C@@H](CCCCCCC)OC(=O)CCCCCCCCCCC)NC(=O)CCCCCCCCCCCCC)OC[C@@H](COCC[C@H](C#CC#CC#CC#CC#CC#CC#CC#CC)OC(=O)CCCCCCCCCCC)NC(=O)CCCCCCCCCCCCC. The standard InChI is InChI=1S/C101H162N4O18P2/c1-9-17-23-29-34-39-42-43-44-45-48-51-54-60-66-72-95(123-101(111)76-70-64-58-50-38-33-27-21-13-5)78-84-115-89-93(105-97(107)74-68-62-56-53-47-41-36-31-25-19-11-3)91-121-125(113,117-82-16-8)119-86-80-103-99(109)87-98(108)102-79-85-118-124(112,116-81-15-7)120-90-92(104-96(106)73-67-61-55-52-46-40-35-30-24-18-10-2)88-114-83-77-94(71-65-59-28-22-14-6)122-100(110)75-69-63-57-49-37-32-26-20-12-4/h15-16,92-95H,7-8,10-14,18-22,24-28,30-33,35-38,40-41,46-47,49-50,52-53,55-59,61-65,67-71,73-91H2,1-6H3,(H,102,108)(H,103,109)(H,104,106)(H,105,107)/t92-,93+,94+,95-,124?,125?/m0/s1. The van der Waals surface area contributed by atoms with Gasteiger partial charge in [-0.3, -0.25) is 55.9 Å². The number of hydrogen-bond acceptors (Lipinski definition) is 18. The summed E-state index contributed by atoms with van der Waals surface area (Å²) in [6.45, 7) is 17.8. The van der Waals surface area contributed by atoms with Crippen LogP contribution in [0.2, 0.25) is 0 Å². The molecule has 0 saturated heterocycles. The van der Waals surface area contributed by atoms with E-state index in [-0.39, 0.29) is 116 Å². The molecule has 0 fully saturated rings. The first-order valence-corrected chi connectivity index (χ1v) is 50.8. The van der Waals surface area contributed by atoms with Gasteiger partial charge >= 0.3 is 27.6 Å².